The molecule has 0 saturated carbocycles. The molecule has 7 aromatic rings. The average Bonchev–Trinajstić information content (AvgIpc) is 2.07. The summed E-state index contributed by atoms with van der Waals surface area (Å²) in [6.07, 6.45) is 6.71. The standard InChI is InChI=1S/C32H16N8.4C4H10O5S2.Cu.4Na/c1-2-10-18-17(9-1)25-33-26(18)38-28-21-13-5-6-14-22(21)30(35-28)40-32-24-16-8-7-15-23(24)31(36-32)39-29-20-12-4-3-11-19(20)27(34-29)37-25;2*1-10(5,6)3-2-4-11(7,8)9;2*1-10-8-6-3-2-4-11-9-7-5;;;;;/h1-16H;2*2-4H2,1H3,(H,7,8,9);2*5H,2-4H2,1H3;;;;;/q-2;;;;;+2;4*+1/p-4. The molecule has 0 amide bonds. The van der Waals surface area contributed by atoms with Gasteiger partial charge in [-0.3, -0.25) is 10.1 Å². The van der Waals surface area contributed by atoms with Gasteiger partial charge in [0, 0.05) is 141 Å². The number of benzene rings is 4. The molecule has 0 saturated heterocycles. The van der Waals surface area contributed by atoms with Crippen LogP contribution in [-0.4, -0.2) is 145 Å². The maximum absolute atomic E-state index is 10.4. The van der Waals surface area contributed by atoms with Gasteiger partial charge in [0.25, 0.3) is 0 Å². The first-order valence-electron chi connectivity index (χ1n) is 24.2. The summed E-state index contributed by atoms with van der Waals surface area (Å²) in [4.78, 5) is 48.5. The Morgan fingerprint density at radius 2 is 0.685 bits per heavy atom. The Balaban J connectivity index is 0.00000131. The molecule has 2 aliphatic rings. The molecule has 0 unspecified atom stereocenters. The van der Waals surface area contributed by atoms with E-state index in [2.05, 4.69) is 37.2 Å². The van der Waals surface area contributed by atoms with Gasteiger partial charge in [0.05, 0.1) is 68.3 Å². The third kappa shape index (κ3) is 32.9. The third-order valence-corrected chi connectivity index (χ3v) is 15.8. The number of nitrogens with zero attached hydrogens (tertiary/aromatic N) is 8. The predicted molar refractivity (Wildman–Crippen MR) is 311 cm³/mol. The Kier molecular flexibility index (Phi) is 45.6. The minimum atomic E-state index is -4.26. The molecule has 89 heavy (non-hydrogen) atoms. The van der Waals surface area contributed by atoms with Crippen molar-refractivity contribution in [3.05, 3.63) is 97.1 Å². The van der Waals surface area contributed by atoms with E-state index in [-0.39, 0.29) is 160 Å². The van der Waals surface area contributed by atoms with Crippen LogP contribution in [0.5, 0.6) is 0 Å². The zero-order chi connectivity index (χ0) is 61.2. The molecule has 0 N–H and O–H groups in total. The Hall–Kier alpha value is -0.521. The van der Waals surface area contributed by atoms with E-state index in [1.165, 1.54) is 0 Å². The van der Waals surface area contributed by atoms with E-state index in [1.807, 2.05) is 97.1 Å². The third-order valence-electron chi connectivity index (χ3n) is 10.4. The number of hydrogen-bond acceptors (Lipinski definition) is 30. The van der Waals surface area contributed by atoms with Gasteiger partial charge in [0.1, 0.15) is 19.7 Å². The van der Waals surface area contributed by atoms with Gasteiger partial charge in [-0.1, -0.05) is 97.1 Å². The van der Waals surface area contributed by atoms with E-state index in [4.69, 9.17) is 39.9 Å². The second-order valence-corrected chi connectivity index (χ2v) is 27.0. The zero-order valence-electron chi connectivity index (χ0n) is 49.0. The average molecular weight is 1470 g/mol. The first-order valence-corrected chi connectivity index (χ1v) is 35.6. The Bertz CT molecular complexity index is 3430. The fraction of sp³-hybridized carbons (Fsp3) is 0.333. The minimum Gasteiger partial charge on any atom is -0.748 e. The molecular formula is C48H52CuN8Na4O20S8. The van der Waals surface area contributed by atoms with Crippen LogP contribution in [0.15, 0.2) is 97.1 Å². The topological polar surface area (TPSA) is 408 Å². The summed E-state index contributed by atoms with van der Waals surface area (Å²) < 4.78 is 119. The first-order chi connectivity index (χ1) is 40.0. The molecule has 3 aromatic heterocycles. The van der Waals surface area contributed by atoms with Crippen LogP contribution >= 0.6 is 48.2 Å². The van der Waals surface area contributed by atoms with Crippen LogP contribution in [-0.2, 0) is 94.2 Å². The number of aromatic nitrogens is 8. The van der Waals surface area contributed by atoms with Gasteiger partial charge in [-0.05, 0) is 47.2 Å². The summed E-state index contributed by atoms with van der Waals surface area (Å²) >= 11 is 4.14. The van der Waals surface area contributed by atoms with Gasteiger partial charge in [-0.2, -0.15) is 17.3 Å². The van der Waals surface area contributed by atoms with Gasteiger partial charge in [-0.25, -0.2) is 53.4 Å². The van der Waals surface area contributed by atoms with Crippen molar-refractivity contribution in [2.45, 2.75) is 25.7 Å². The van der Waals surface area contributed by atoms with E-state index >= 15 is 0 Å². The molecule has 8 bridgehead atoms. The Labute approximate surface area is 630 Å². The summed E-state index contributed by atoms with van der Waals surface area (Å²) in [6.45, 7) is 0.937. The molecule has 5 heterocycles. The number of rotatable bonds is 24. The van der Waals surface area contributed by atoms with Crippen molar-refractivity contribution >= 4 is 132 Å². The Morgan fingerprint density at radius 3 is 0.921 bits per heavy atom. The van der Waals surface area contributed by atoms with Crippen LogP contribution in [0.1, 0.15) is 25.7 Å². The first kappa shape index (κ1) is 88.5. The molecule has 467 valence electrons. The van der Waals surface area contributed by atoms with E-state index in [9.17, 15) is 53.3 Å². The van der Waals surface area contributed by atoms with Gasteiger partial charge in [-0.15, -0.1) is 0 Å². The van der Waals surface area contributed by atoms with Crippen LogP contribution in [0, 0.1) is 0 Å². The SMILES string of the molecule is CS(=O)(=O)CCCS(=O)(=O)[O-].CS(=O)(=O)CCCS(=O)(=O)[O-].CSOOCCCSOO[O-].CSOOCCCSOO[O-].[Cu+2].[Na+].[Na+].[Na+].[Na+].c1ccc2c(c1)-c1nc-2nc2[n-]c(nc3nc(nc4[n-]c(n1)c1ccccc41)-c1ccccc1-3)c1ccccc21. The zero-order valence-corrected chi connectivity index (χ0v) is 64.5. The largest absolute Gasteiger partial charge is 2.00 e. The molecule has 0 atom stereocenters. The van der Waals surface area contributed by atoms with Crippen molar-refractivity contribution in [2.75, 3.05) is 72.8 Å². The molecule has 0 spiro atoms. The van der Waals surface area contributed by atoms with Gasteiger partial charge in [0.15, 0.2) is 0 Å². The van der Waals surface area contributed by atoms with Crippen LogP contribution < -0.4 is 139 Å². The number of hydrogen-bond donors (Lipinski definition) is 0. The van der Waals surface area contributed by atoms with Crippen molar-refractivity contribution in [1.82, 2.24) is 39.9 Å². The molecule has 0 fully saturated rings. The maximum Gasteiger partial charge on any atom is 2.00 e. The smallest absolute Gasteiger partial charge is 0.748 e. The number of fused-ring (bicyclic) bond motifs is 20. The molecular weight excluding hydrogens is 1420 g/mol. The van der Waals surface area contributed by atoms with Gasteiger partial charge in [0.2, 0.25) is 0 Å². The van der Waals surface area contributed by atoms with E-state index in [1.54, 1.807) is 12.5 Å². The fourth-order valence-electron chi connectivity index (χ4n) is 7.08. The minimum absolute atomic E-state index is 0. The van der Waals surface area contributed by atoms with Crippen LogP contribution in [0.25, 0.3) is 89.7 Å². The quantitative estimate of drug-likeness (QED) is 0.0135. The molecule has 41 heteroatoms. The van der Waals surface area contributed by atoms with E-state index in [0.29, 0.717) is 70.6 Å². The summed E-state index contributed by atoms with van der Waals surface area (Å²) in [6, 6.07) is 31.8. The summed E-state index contributed by atoms with van der Waals surface area (Å²) in [7, 11) is -14.8. The second-order valence-electron chi connectivity index (χ2n) is 16.9. The molecule has 0 aliphatic carbocycles. The predicted octanol–water partition coefficient (Wildman–Crippen LogP) is -6.98. The van der Waals surface area contributed by atoms with Crippen molar-refractivity contribution in [3.63, 3.8) is 0 Å². The Morgan fingerprint density at radius 1 is 0.416 bits per heavy atom. The van der Waals surface area contributed by atoms with Crippen molar-refractivity contribution in [3.8, 4) is 45.6 Å². The summed E-state index contributed by atoms with van der Waals surface area (Å²) in [5.41, 5.74) is 5.78. The summed E-state index contributed by atoms with van der Waals surface area (Å²) in [5, 5.41) is 28.3. The molecule has 1 radical (unpaired) electrons. The van der Waals surface area contributed by atoms with E-state index in [0.717, 1.165) is 117 Å². The molecule has 4 aromatic carbocycles. The molecule has 2 aliphatic heterocycles. The van der Waals surface area contributed by atoms with E-state index < -0.39 is 51.4 Å². The second kappa shape index (κ2) is 45.8. The van der Waals surface area contributed by atoms with Crippen molar-refractivity contribution in [1.29, 1.82) is 0 Å². The fourth-order valence-corrected chi connectivity index (χ4v) is 10.8. The molecule has 9 rings (SSSR count). The van der Waals surface area contributed by atoms with Crippen molar-refractivity contribution < 1.29 is 226 Å². The normalized spacial score (nSPS) is 11.2. The summed E-state index contributed by atoms with van der Waals surface area (Å²) in [5.74, 6) is 1.73. The van der Waals surface area contributed by atoms with Crippen LogP contribution in [0.3, 0.4) is 0 Å². The van der Waals surface area contributed by atoms with Crippen LogP contribution in [0.2, 0.25) is 0 Å². The van der Waals surface area contributed by atoms with Crippen LogP contribution in [0.4, 0.5) is 0 Å². The van der Waals surface area contributed by atoms with Gasteiger partial charge < -0.3 is 49.5 Å². The number of sulfone groups is 2. The monoisotopic (exact) mass is 1470 g/mol. The molecule has 28 nitrogen and oxygen atoms in total. The van der Waals surface area contributed by atoms with Crippen molar-refractivity contribution in [2.24, 2.45) is 0 Å². The maximum atomic E-state index is 10.4. The van der Waals surface area contributed by atoms with Gasteiger partial charge >= 0.3 is 135 Å².